The molecule has 0 spiro atoms. The van der Waals surface area contributed by atoms with E-state index in [2.05, 4.69) is 10.1 Å². The van der Waals surface area contributed by atoms with E-state index in [4.69, 9.17) is 10.5 Å². The Labute approximate surface area is 100 Å². The molecule has 0 aromatic carbocycles. The minimum Gasteiger partial charge on any atom is -0.493 e. The third-order valence-electron chi connectivity index (χ3n) is 2.76. The zero-order valence-electron chi connectivity index (χ0n) is 10.2. The Morgan fingerprint density at radius 2 is 2.12 bits per heavy atom. The van der Waals surface area contributed by atoms with Crippen LogP contribution in [0, 0.1) is 6.92 Å². The standard InChI is InChI=1S/C12H16N4O/c1-8-4-5-9(6-14-8)11(13)12-10(17-3)7-15-16(12)2/h4-7,11H,13H2,1-3H3. The number of ether oxygens (including phenoxy) is 1. The highest BCUT2D eigenvalue weighted by molar-refractivity contribution is 5.35. The topological polar surface area (TPSA) is 66.0 Å². The first-order valence-corrected chi connectivity index (χ1v) is 5.37. The molecule has 90 valence electrons. The predicted molar refractivity (Wildman–Crippen MR) is 64.8 cm³/mol. The second-order valence-electron chi connectivity index (χ2n) is 3.93. The number of hydrogen-bond acceptors (Lipinski definition) is 4. The van der Waals surface area contributed by atoms with Crippen molar-refractivity contribution in [1.29, 1.82) is 0 Å². The van der Waals surface area contributed by atoms with Crippen molar-refractivity contribution in [2.24, 2.45) is 12.8 Å². The van der Waals surface area contributed by atoms with Gasteiger partial charge in [-0.3, -0.25) is 9.67 Å². The van der Waals surface area contributed by atoms with Crippen LogP contribution in [0.2, 0.25) is 0 Å². The second-order valence-corrected chi connectivity index (χ2v) is 3.93. The molecule has 0 aliphatic carbocycles. The molecule has 1 unspecified atom stereocenters. The summed E-state index contributed by atoms with van der Waals surface area (Å²) >= 11 is 0. The van der Waals surface area contributed by atoms with E-state index in [1.54, 1.807) is 24.2 Å². The zero-order valence-corrected chi connectivity index (χ0v) is 10.2. The van der Waals surface area contributed by atoms with Crippen LogP contribution in [0.15, 0.2) is 24.5 Å². The SMILES string of the molecule is COc1cnn(C)c1C(N)c1ccc(C)nc1. The molecule has 2 aromatic rings. The Kier molecular flexibility index (Phi) is 3.10. The van der Waals surface area contributed by atoms with Gasteiger partial charge in [-0.05, 0) is 18.6 Å². The number of aromatic nitrogens is 3. The minimum atomic E-state index is -0.287. The summed E-state index contributed by atoms with van der Waals surface area (Å²) in [5.41, 5.74) is 8.97. The third-order valence-corrected chi connectivity index (χ3v) is 2.76. The van der Waals surface area contributed by atoms with Crippen molar-refractivity contribution in [3.05, 3.63) is 41.5 Å². The fraction of sp³-hybridized carbons (Fsp3) is 0.333. The molecule has 2 aromatic heterocycles. The van der Waals surface area contributed by atoms with Crippen LogP contribution in [0.4, 0.5) is 0 Å². The monoisotopic (exact) mass is 232 g/mol. The Balaban J connectivity index is 2.39. The lowest BCUT2D eigenvalue weighted by molar-refractivity contribution is 0.406. The summed E-state index contributed by atoms with van der Waals surface area (Å²) in [5, 5.41) is 4.14. The molecule has 0 saturated heterocycles. The van der Waals surface area contributed by atoms with Gasteiger partial charge in [0.2, 0.25) is 0 Å². The number of hydrogen-bond donors (Lipinski definition) is 1. The number of aryl methyl sites for hydroxylation is 2. The number of nitrogens with zero attached hydrogens (tertiary/aromatic N) is 3. The van der Waals surface area contributed by atoms with Gasteiger partial charge in [0, 0.05) is 18.9 Å². The van der Waals surface area contributed by atoms with E-state index in [0.29, 0.717) is 5.75 Å². The van der Waals surface area contributed by atoms with Gasteiger partial charge in [-0.25, -0.2) is 0 Å². The molecule has 5 heteroatoms. The maximum absolute atomic E-state index is 6.21. The molecule has 2 rings (SSSR count). The molecule has 5 nitrogen and oxygen atoms in total. The van der Waals surface area contributed by atoms with Crippen LogP contribution < -0.4 is 10.5 Å². The first-order valence-electron chi connectivity index (χ1n) is 5.37. The molecule has 17 heavy (non-hydrogen) atoms. The van der Waals surface area contributed by atoms with Crippen molar-refractivity contribution in [1.82, 2.24) is 14.8 Å². The summed E-state index contributed by atoms with van der Waals surface area (Å²) in [5.74, 6) is 0.695. The van der Waals surface area contributed by atoms with Crippen LogP contribution in [0.25, 0.3) is 0 Å². The summed E-state index contributed by atoms with van der Waals surface area (Å²) in [7, 11) is 3.46. The third kappa shape index (κ3) is 2.14. The smallest absolute Gasteiger partial charge is 0.161 e. The first kappa shape index (κ1) is 11.6. The van der Waals surface area contributed by atoms with Crippen molar-refractivity contribution in [3.63, 3.8) is 0 Å². The molecule has 0 aliphatic rings. The number of pyridine rings is 1. The van der Waals surface area contributed by atoms with Crippen molar-refractivity contribution < 1.29 is 4.74 Å². The molecule has 1 atom stereocenters. The molecule has 0 amide bonds. The van der Waals surface area contributed by atoms with Gasteiger partial charge in [0.15, 0.2) is 5.75 Å². The van der Waals surface area contributed by atoms with Gasteiger partial charge < -0.3 is 10.5 Å². The Morgan fingerprint density at radius 1 is 1.35 bits per heavy atom. The van der Waals surface area contributed by atoms with Crippen molar-refractivity contribution in [2.45, 2.75) is 13.0 Å². The van der Waals surface area contributed by atoms with Crippen LogP contribution in [-0.4, -0.2) is 21.9 Å². The van der Waals surface area contributed by atoms with Gasteiger partial charge in [-0.15, -0.1) is 0 Å². The lowest BCUT2D eigenvalue weighted by Gasteiger charge is -2.14. The largest absolute Gasteiger partial charge is 0.493 e. The fourth-order valence-electron chi connectivity index (χ4n) is 1.76. The summed E-state index contributed by atoms with van der Waals surface area (Å²) in [4.78, 5) is 4.24. The van der Waals surface area contributed by atoms with Gasteiger partial charge in [0.1, 0.15) is 5.69 Å². The van der Waals surface area contributed by atoms with E-state index in [-0.39, 0.29) is 6.04 Å². The van der Waals surface area contributed by atoms with E-state index in [9.17, 15) is 0 Å². The van der Waals surface area contributed by atoms with Gasteiger partial charge in [-0.1, -0.05) is 6.07 Å². The van der Waals surface area contributed by atoms with Crippen LogP contribution in [0.5, 0.6) is 5.75 Å². The Morgan fingerprint density at radius 3 is 2.71 bits per heavy atom. The van der Waals surface area contributed by atoms with Crippen LogP contribution in [0.1, 0.15) is 23.0 Å². The van der Waals surface area contributed by atoms with Crippen LogP contribution >= 0.6 is 0 Å². The molecule has 2 N–H and O–H groups in total. The lowest BCUT2D eigenvalue weighted by atomic mass is 10.1. The maximum Gasteiger partial charge on any atom is 0.161 e. The molecule has 0 saturated carbocycles. The Bertz CT molecular complexity index is 504. The van der Waals surface area contributed by atoms with E-state index >= 15 is 0 Å². The summed E-state index contributed by atoms with van der Waals surface area (Å²) in [6.07, 6.45) is 3.45. The lowest BCUT2D eigenvalue weighted by Crippen LogP contribution is -2.17. The van der Waals surface area contributed by atoms with E-state index in [0.717, 1.165) is 17.0 Å². The molecule has 2 heterocycles. The fourth-order valence-corrected chi connectivity index (χ4v) is 1.76. The van der Waals surface area contributed by atoms with E-state index < -0.39 is 0 Å². The van der Waals surface area contributed by atoms with Gasteiger partial charge >= 0.3 is 0 Å². The molecule has 0 radical (unpaired) electrons. The van der Waals surface area contributed by atoms with Crippen molar-refractivity contribution >= 4 is 0 Å². The van der Waals surface area contributed by atoms with Crippen molar-refractivity contribution in [2.75, 3.05) is 7.11 Å². The van der Waals surface area contributed by atoms with E-state index in [1.165, 1.54) is 0 Å². The van der Waals surface area contributed by atoms with Gasteiger partial charge in [0.05, 0.1) is 19.3 Å². The highest BCUT2D eigenvalue weighted by atomic mass is 16.5. The molecule has 0 bridgehead atoms. The van der Waals surface area contributed by atoms with Crippen molar-refractivity contribution in [3.8, 4) is 5.75 Å². The number of nitrogens with two attached hydrogens (primary N) is 1. The van der Waals surface area contributed by atoms with Gasteiger partial charge in [0.25, 0.3) is 0 Å². The summed E-state index contributed by atoms with van der Waals surface area (Å²) < 4.78 is 6.97. The highest BCUT2D eigenvalue weighted by Gasteiger charge is 2.18. The van der Waals surface area contributed by atoms with Crippen LogP contribution in [0.3, 0.4) is 0 Å². The molecular formula is C12H16N4O. The maximum atomic E-state index is 6.21. The van der Waals surface area contributed by atoms with Gasteiger partial charge in [-0.2, -0.15) is 5.10 Å². The first-order chi connectivity index (χ1) is 8.13. The zero-order chi connectivity index (χ0) is 12.4. The quantitative estimate of drug-likeness (QED) is 0.863. The molecular weight excluding hydrogens is 216 g/mol. The summed E-state index contributed by atoms with van der Waals surface area (Å²) in [6.45, 7) is 1.94. The Hall–Kier alpha value is -1.88. The second kappa shape index (κ2) is 4.55. The average molecular weight is 232 g/mol. The highest BCUT2D eigenvalue weighted by Crippen LogP contribution is 2.27. The van der Waals surface area contributed by atoms with Crippen LogP contribution in [-0.2, 0) is 7.05 Å². The molecule has 0 fully saturated rings. The molecule has 0 aliphatic heterocycles. The van der Waals surface area contributed by atoms with E-state index in [1.807, 2.05) is 26.1 Å². The predicted octanol–water partition coefficient (Wildman–Crippen LogP) is 1.18. The summed E-state index contributed by atoms with van der Waals surface area (Å²) in [6, 6.07) is 3.63. The normalized spacial score (nSPS) is 12.5. The average Bonchev–Trinajstić information content (AvgIpc) is 2.70. The number of rotatable bonds is 3. The minimum absolute atomic E-state index is 0.287. The number of methoxy groups -OCH3 is 1.